The second-order valence-corrected chi connectivity index (χ2v) is 5.25. The first-order valence-electron chi connectivity index (χ1n) is 6.46. The quantitative estimate of drug-likeness (QED) is 0.864. The zero-order valence-electron chi connectivity index (χ0n) is 11.4. The zero-order chi connectivity index (χ0) is 14.0. The highest BCUT2D eigenvalue weighted by atomic mass is 19.1. The summed E-state index contributed by atoms with van der Waals surface area (Å²) in [5, 5.41) is 2.70. The molecule has 1 saturated heterocycles. The summed E-state index contributed by atoms with van der Waals surface area (Å²) in [5.41, 5.74) is 6.52. The van der Waals surface area contributed by atoms with E-state index >= 15 is 0 Å². The average molecular weight is 265 g/mol. The first-order chi connectivity index (χ1) is 9.01. The van der Waals surface area contributed by atoms with Gasteiger partial charge in [0.2, 0.25) is 5.91 Å². The van der Waals surface area contributed by atoms with E-state index in [1.807, 2.05) is 17.9 Å². The Hall–Kier alpha value is -1.62. The summed E-state index contributed by atoms with van der Waals surface area (Å²) in [5.74, 6) is -0.255. The molecule has 0 spiro atoms. The Bertz CT molecular complexity index is 492. The largest absolute Gasteiger partial charge is 0.370 e. The number of benzene rings is 1. The van der Waals surface area contributed by atoms with Gasteiger partial charge in [0.15, 0.2) is 0 Å². The molecular weight excluding hydrogens is 245 g/mol. The van der Waals surface area contributed by atoms with Gasteiger partial charge in [-0.05, 0) is 25.5 Å². The van der Waals surface area contributed by atoms with Crippen molar-refractivity contribution >= 4 is 11.6 Å². The van der Waals surface area contributed by atoms with Gasteiger partial charge in [0, 0.05) is 37.9 Å². The third kappa shape index (κ3) is 2.42. The second-order valence-electron chi connectivity index (χ2n) is 5.25. The van der Waals surface area contributed by atoms with Gasteiger partial charge in [0.25, 0.3) is 0 Å². The number of amides is 1. The molecule has 0 aliphatic carbocycles. The van der Waals surface area contributed by atoms with Crippen LogP contribution in [0.3, 0.4) is 0 Å². The Balaban J connectivity index is 2.27. The highest BCUT2D eigenvalue weighted by Gasteiger charge is 2.40. The number of carbonyl (C=O) groups excluding carboxylic acids is 1. The van der Waals surface area contributed by atoms with E-state index in [0.717, 1.165) is 18.7 Å². The van der Waals surface area contributed by atoms with Crippen molar-refractivity contribution in [2.24, 2.45) is 11.1 Å². The molecule has 1 atom stereocenters. The summed E-state index contributed by atoms with van der Waals surface area (Å²) >= 11 is 0. The van der Waals surface area contributed by atoms with Gasteiger partial charge in [-0.3, -0.25) is 4.79 Å². The molecule has 1 aromatic rings. The lowest BCUT2D eigenvalue weighted by atomic mass is 9.89. The molecule has 1 aliphatic rings. The van der Waals surface area contributed by atoms with E-state index < -0.39 is 5.41 Å². The number of nitrogens with zero attached hydrogens (tertiary/aromatic N) is 1. The molecule has 4 nitrogen and oxygen atoms in total. The summed E-state index contributed by atoms with van der Waals surface area (Å²) in [6.45, 7) is 3.42. The standard InChI is InChI=1S/C14H20FN3O/c1-14(13(19)17-2)6-7-18(9-14)12-5-3-4-11(15)10(12)8-16/h3-5H,6-9,16H2,1-2H3,(H,17,19). The number of hydrogen-bond donors (Lipinski definition) is 2. The Morgan fingerprint density at radius 2 is 2.32 bits per heavy atom. The molecule has 0 bridgehead atoms. The van der Waals surface area contributed by atoms with Crippen LogP contribution < -0.4 is 16.0 Å². The lowest BCUT2D eigenvalue weighted by molar-refractivity contribution is -0.128. The van der Waals surface area contributed by atoms with Crippen molar-refractivity contribution in [3.8, 4) is 0 Å². The van der Waals surface area contributed by atoms with Crippen molar-refractivity contribution in [1.29, 1.82) is 0 Å². The van der Waals surface area contributed by atoms with Crippen LogP contribution in [0.2, 0.25) is 0 Å². The molecule has 1 heterocycles. The Morgan fingerprint density at radius 3 is 2.95 bits per heavy atom. The molecule has 19 heavy (non-hydrogen) atoms. The van der Waals surface area contributed by atoms with E-state index in [-0.39, 0.29) is 18.3 Å². The second kappa shape index (κ2) is 5.17. The van der Waals surface area contributed by atoms with E-state index in [1.165, 1.54) is 6.07 Å². The molecule has 3 N–H and O–H groups in total. The Morgan fingerprint density at radius 1 is 1.58 bits per heavy atom. The molecule has 1 fully saturated rings. The average Bonchev–Trinajstić information content (AvgIpc) is 2.81. The lowest BCUT2D eigenvalue weighted by Crippen LogP contribution is -2.39. The minimum absolute atomic E-state index is 0.0284. The van der Waals surface area contributed by atoms with E-state index in [4.69, 9.17) is 5.73 Å². The molecule has 1 aromatic carbocycles. The van der Waals surface area contributed by atoms with E-state index in [9.17, 15) is 9.18 Å². The summed E-state index contributed by atoms with van der Waals surface area (Å²) in [4.78, 5) is 13.9. The van der Waals surface area contributed by atoms with Gasteiger partial charge < -0.3 is 16.0 Å². The number of halogens is 1. The topological polar surface area (TPSA) is 58.4 Å². The third-order valence-electron chi connectivity index (χ3n) is 3.89. The highest BCUT2D eigenvalue weighted by Crippen LogP contribution is 2.35. The smallest absolute Gasteiger partial charge is 0.227 e. The highest BCUT2D eigenvalue weighted by molar-refractivity contribution is 5.83. The predicted octanol–water partition coefficient (Wildman–Crippen LogP) is 1.25. The number of hydrogen-bond acceptors (Lipinski definition) is 3. The molecule has 2 rings (SSSR count). The molecule has 1 amide bonds. The number of carbonyl (C=O) groups is 1. The van der Waals surface area contributed by atoms with Gasteiger partial charge >= 0.3 is 0 Å². The van der Waals surface area contributed by atoms with Gasteiger partial charge in [0.05, 0.1) is 5.41 Å². The van der Waals surface area contributed by atoms with Crippen LogP contribution >= 0.6 is 0 Å². The fourth-order valence-corrected chi connectivity index (χ4v) is 2.70. The lowest BCUT2D eigenvalue weighted by Gasteiger charge is -2.25. The molecule has 1 unspecified atom stereocenters. The van der Waals surface area contributed by atoms with Crippen LogP contribution in [0.4, 0.5) is 10.1 Å². The molecule has 0 aromatic heterocycles. The molecule has 5 heteroatoms. The number of nitrogens with two attached hydrogens (primary N) is 1. The molecule has 104 valence electrons. The van der Waals surface area contributed by atoms with Crippen molar-refractivity contribution < 1.29 is 9.18 Å². The minimum Gasteiger partial charge on any atom is -0.370 e. The summed E-state index contributed by atoms with van der Waals surface area (Å²) < 4.78 is 13.7. The monoisotopic (exact) mass is 265 g/mol. The summed E-state index contributed by atoms with van der Waals surface area (Å²) in [7, 11) is 1.64. The van der Waals surface area contributed by atoms with Crippen molar-refractivity contribution in [1.82, 2.24) is 5.32 Å². The maximum Gasteiger partial charge on any atom is 0.227 e. The van der Waals surface area contributed by atoms with Crippen molar-refractivity contribution in [2.75, 3.05) is 25.0 Å². The first kappa shape index (κ1) is 13.8. The van der Waals surface area contributed by atoms with Crippen LogP contribution in [-0.2, 0) is 11.3 Å². The van der Waals surface area contributed by atoms with Crippen molar-refractivity contribution in [3.63, 3.8) is 0 Å². The van der Waals surface area contributed by atoms with E-state index in [2.05, 4.69) is 5.32 Å². The summed E-state index contributed by atoms with van der Waals surface area (Å²) in [6, 6.07) is 4.96. The maximum absolute atomic E-state index is 13.7. The van der Waals surface area contributed by atoms with Crippen molar-refractivity contribution in [3.05, 3.63) is 29.6 Å². The predicted molar refractivity (Wildman–Crippen MR) is 73.3 cm³/mol. The molecule has 0 radical (unpaired) electrons. The maximum atomic E-state index is 13.7. The van der Waals surface area contributed by atoms with Crippen LogP contribution in [0.15, 0.2) is 18.2 Å². The third-order valence-corrected chi connectivity index (χ3v) is 3.89. The fraction of sp³-hybridized carbons (Fsp3) is 0.500. The van der Waals surface area contributed by atoms with E-state index in [1.54, 1.807) is 13.1 Å². The van der Waals surface area contributed by atoms with Crippen LogP contribution in [0.25, 0.3) is 0 Å². The Labute approximate surface area is 112 Å². The van der Waals surface area contributed by atoms with Gasteiger partial charge in [0.1, 0.15) is 5.82 Å². The first-order valence-corrected chi connectivity index (χ1v) is 6.46. The number of anilines is 1. The van der Waals surface area contributed by atoms with Crippen LogP contribution in [0.5, 0.6) is 0 Å². The zero-order valence-corrected chi connectivity index (χ0v) is 11.4. The van der Waals surface area contributed by atoms with E-state index in [0.29, 0.717) is 12.1 Å². The van der Waals surface area contributed by atoms with Crippen LogP contribution in [0, 0.1) is 11.2 Å². The number of rotatable bonds is 3. The molecule has 1 aliphatic heterocycles. The van der Waals surface area contributed by atoms with Gasteiger partial charge in [-0.25, -0.2) is 4.39 Å². The molecular formula is C14H20FN3O. The SMILES string of the molecule is CNC(=O)C1(C)CCN(c2cccc(F)c2CN)C1. The Kier molecular flexibility index (Phi) is 3.75. The van der Waals surface area contributed by atoms with Crippen molar-refractivity contribution in [2.45, 2.75) is 19.9 Å². The van der Waals surface area contributed by atoms with Gasteiger partial charge in [-0.1, -0.05) is 6.07 Å². The minimum atomic E-state index is -0.424. The fourth-order valence-electron chi connectivity index (χ4n) is 2.70. The number of nitrogens with one attached hydrogen (secondary N) is 1. The van der Waals surface area contributed by atoms with Gasteiger partial charge in [-0.2, -0.15) is 0 Å². The van der Waals surface area contributed by atoms with Crippen LogP contribution in [0.1, 0.15) is 18.9 Å². The summed E-state index contributed by atoms with van der Waals surface area (Å²) in [6.07, 6.45) is 0.757. The molecule has 0 saturated carbocycles. The normalized spacial score (nSPS) is 22.6. The van der Waals surface area contributed by atoms with Crippen LogP contribution in [-0.4, -0.2) is 26.0 Å². The van der Waals surface area contributed by atoms with Gasteiger partial charge in [-0.15, -0.1) is 0 Å².